The molecule has 0 radical (unpaired) electrons. The van der Waals surface area contributed by atoms with Gasteiger partial charge in [0.2, 0.25) is 0 Å². The van der Waals surface area contributed by atoms with Gasteiger partial charge < -0.3 is 5.32 Å². The third kappa shape index (κ3) is 2.08. The van der Waals surface area contributed by atoms with Crippen molar-refractivity contribution in [3.63, 3.8) is 0 Å². The topological polar surface area (TPSA) is 12.0 Å². The van der Waals surface area contributed by atoms with Gasteiger partial charge in [-0.2, -0.15) is 0 Å². The van der Waals surface area contributed by atoms with Crippen molar-refractivity contribution in [3.05, 3.63) is 0 Å². The van der Waals surface area contributed by atoms with E-state index in [9.17, 15) is 0 Å². The summed E-state index contributed by atoms with van der Waals surface area (Å²) in [6.45, 7) is 9.84. The third-order valence-electron chi connectivity index (χ3n) is 5.45. The van der Waals surface area contributed by atoms with Gasteiger partial charge in [-0.1, -0.05) is 27.2 Å². The van der Waals surface area contributed by atoms with Gasteiger partial charge in [0.25, 0.3) is 0 Å². The van der Waals surface area contributed by atoms with Crippen molar-refractivity contribution in [2.24, 2.45) is 23.2 Å². The minimum Gasteiger partial charge on any atom is -0.317 e. The molecule has 0 spiro atoms. The van der Waals surface area contributed by atoms with E-state index in [1.54, 1.807) is 0 Å². The second kappa shape index (κ2) is 4.45. The summed E-state index contributed by atoms with van der Waals surface area (Å²) in [5.74, 6) is 2.95. The molecule has 1 aliphatic heterocycles. The molecule has 1 heteroatoms. The Morgan fingerprint density at radius 2 is 1.60 bits per heavy atom. The Kier molecular flexibility index (Phi) is 3.39. The predicted octanol–water partition coefficient (Wildman–Crippen LogP) is 3.45. The zero-order chi connectivity index (χ0) is 10.9. The predicted molar refractivity (Wildman–Crippen MR) is 65.9 cm³/mol. The normalized spacial score (nSPS) is 40.6. The van der Waals surface area contributed by atoms with Crippen molar-refractivity contribution in [3.8, 4) is 0 Å². The minimum absolute atomic E-state index is 0.699. The van der Waals surface area contributed by atoms with Gasteiger partial charge in [0, 0.05) is 0 Å². The Morgan fingerprint density at radius 3 is 2.07 bits per heavy atom. The Bertz CT molecular complexity index is 195. The van der Waals surface area contributed by atoms with Crippen molar-refractivity contribution in [1.82, 2.24) is 5.32 Å². The summed E-state index contributed by atoms with van der Waals surface area (Å²) in [4.78, 5) is 0. The zero-order valence-electron chi connectivity index (χ0n) is 10.7. The van der Waals surface area contributed by atoms with Gasteiger partial charge in [-0.3, -0.25) is 0 Å². The van der Waals surface area contributed by atoms with Gasteiger partial charge in [-0.25, -0.2) is 0 Å². The lowest BCUT2D eigenvalue weighted by molar-refractivity contribution is 0.0984. The average molecular weight is 209 g/mol. The molecular formula is C14H27N. The van der Waals surface area contributed by atoms with Crippen LogP contribution < -0.4 is 5.32 Å². The van der Waals surface area contributed by atoms with Gasteiger partial charge in [0.1, 0.15) is 0 Å². The third-order valence-corrected chi connectivity index (χ3v) is 5.45. The molecule has 1 saturated heterocycles. The molecule has 1 aliphatic carbocycles. The molecule has 2 unspecified atom stereocenters. The van der Waals surface area contributed by atoms with E-state index < -0.39 is 0 Å². The van der Waals surface area contributed by atoms with Crippen LogP contribution in [0.2, 0.25) is 0 Å². The van der Waals surface area contributed by atoms with Crippen LogP contribution >= 0.6 is 0 Å². The SMILES string of the molecule is CCC1(C2CC(C)C(C)C2)CCNCC1. The summed E-state index contributed by atoms with van der Waals surface area (Å²) in [6.07, 6.45) is 7.24. The number of hydrogen-bond acceptors (Lipinski definition) is 1. The van der Waals surface area contributed by atoms with Crippen LogP contribution in [0.15, 0.2) is 0 Å². The molecule has 1 N–H and O–H groups in total. The second-order valence-electron chi connectivity index (χ2n) is 6.09. The average Bonchev–Trinajstić information content (AvgIpc) is 2.61. The molecule has 1 saturated carbocycles. The van der Waals surface area contributed by atoms with E-state index >= 15 is 0 Å². The standard InChI is InChI=1S/C14H27N/c1-4-14(5-7-15-8-6-14)13-9-11(2)12(3)10-13/h11-13,15H,4-10H2,1-3H3. The van der Waals surface area contributed by atoms with Crippen LogP contribution in [0.1, 0.15) is 52.9 Å². The highest BCUT2D eigenvalue weighted by atomic mass is 14.9. The van der Waals surface area contributed by atoms with Crippen LogP contribution in [-0.2, 0) is 0 Å². The van der Waals surface area contributed by atoms with Crippen LogP contribution in [0.25, 0.3) is 0 Å². The molecule has 88 valence electrons. The van der Waals surface area contributed by atoms with Crippen molar-refractivity contribution in [2.75, 3.05) is 13.1 Å². The van der Waals surface area contributed by atoms with E-state index in [-0.39, 0.29) is 0 Å². The monoisotopic (exact) mass is 209 g/mol. The Labute approximate surface area is 95.0 Å². The molecule has 2 atom stereocenters. The molecule has 15 heavy (non-hydrogen) atoms. The van der Waals surface area contributed by atoms with Crippen LogP contribution in [0.5, 0.6) is 0 Å². The Morgan fingerprint density at radius 1 is 1.07 bits per heavy atom. The van der Waals surface area contributed by atoms with Crippen LogP contribution in [0.4, 0.5) is 0 Å². The zero-order valence-corrected chi connectivity index (χ0v) is 10.7. The summed E-state index contributed by atoms with van der Waals surface area (Å²) in [6, 6.07) is 0. The molecule has 0 aromatic rings. The summed E-state index contributed by atoms with van der Waals surface area (Å²) in [5, 5.41) is 3.52. The van der Waals surface area contributed by atoms with Crippen LogP contribution in [0, 0.1) is 23.2 Å². The molecule has 2 rings (SSSR count). The summed E-state index contributed by atoms with van der Waals surface area (Å²) in [5.41, 5.74) is 0.699. The van der Waals surface area contributed by atoms with E-state index in [1.165, 1.54) is 45.2 Å². The lowest BCUT2D eigenvalue weighted by Gasteiger charge is -2.42. The second-order valence-corrected chi connectivity index (χ2v) is 6.09. The fraction of sp³-hybridized carbons (Fsp3) is 1.00. The van der Waals surface area contributed by atoms with Crippen molar-refractivity contribution >= 4 is 0 Å². The molecular weight excluding hydrogens is 182 g/mol. The number of nitrogens with one attached hydrogen (secondary N) is 1. The summed E-state index contributed by atoms with van der Waals surface area (Å²) >= 11 is 0. The van der Waals surface area contributed by atoms with Gasteiger partial charge in [0.15, 0.2) is 0 Å². The van der Waals surface area contributed by atoms with E-state index in [0.717, 1.165) is 17.8 Å². The number of piperidine rings is 1. The van der Waals surface area contributed by atoms with E-state index in [1.807, 2.05) is 0 Å². The molecule has 2 aliphatic rings. The van der Waals surface area contributed by atoms with Gasteiger partial charge in [0.05, 0.1) is 0 Å². The summed E-state index contributed by atoms with van der Waals surface area (Å²) < 4.78 is 0. The first-order valence-corrected chi connectivity index (χ1v) is 6.88. The minimum atomic E-state index is 0.699. The molecule has 0 aromatic carbocycles. The van der Waals surface area contributed by atoms with E-state index in [0.29, 0.717) is 5.41 Å². The maximum Gasteiger partial charge on any atom is -0.00435 e. The summed E-state index contributed by atoms with van der Waals surface area (Å²) in [7, 11) is 0. The van der Waals surface area contributed by atoms with Crippen molar-refractivity contribution in [2.45, 2.75) is 52.9 Å². The molecule has 0 bridgehead atoms. The Balaban J connectivity index is 2.06. The number of rotatable bonds is 2. The van der Waals surface area contributed by atoms with Gasteiger partial charge in [-0.15, -0.1) is 0 Å². The molecule has 0 aromatic heterocycles. The number of hydrogen-bond donors (Lipinski definition) is 1. The fourth-order valence-corrected chi connectivity index (χ4v) is 3.93. The highest BCUT2D eigenvalue weighted by molar-refractivity contribution is 4.94. The van der Waals surface area contributed by atoms with E-state index in [4.69, 9.17) is 0 Å². The maximum absolute atomic E-state index is 3.52. The first-order valence-electron chi connectivity index (χ1n) is 6.88. The quantitative estimate of drug-likeness (QED) is 0.734. The first kappa shape index (κ1) is 11.4. The lowest BCUT2D eigenvalue weighted by Crippen LogP contribution is -2.40. The van der Waals surface area contributed by atoms with Gasteiger partial charge >= 0.3 is 0 Å². The molecule has 1 nitrogen and oxygen atoms in total. The maximum atomic E-state index is 3.52. The first-order chi connectivity index (χ1) is 7.18. The lowest BCUT2D eigenvalue weighted by atomic mass is 9.66. The molecule has 2 fully saturated rings. The smallest absolute Gasteiger partial charge is 0.00435 e. The molecule has 1 heterocycles. The fourth-order valence-electron chi connectivity index (χ4n) is 3.93. The van der Waals surface area contributed by atoms with Gasteiger partial charge in [-0.05, 0) is 61.9 Å². The van der Waals surface area contributed by atoms with Crippen LogP contribution in [0.3, 0.4) is 0 Å². The largest absolute Gasteiger partial charge is 0.317 e. The van der Waals surface area contributed by atoms with Crippen LogP contribution in [-0.4, -0.2) is 13.1 Å². The van der Waals surface area contributed by atoms with E-state index in [2.05, 4.69) is 26.1 Å². The highest BCUT2D eigenvalue weighted by Gasteiger charge is 2.43. The Hall–Kier alpha value is -0.0400. The molecule has 0 amide bonds. The highest BCUT2D eigenvalue weighted by Crippen LogP contribution is 2.51. The van der Waals surface area contributed by atoms with Crippen molar-refractivity contribution in [1.29, 1.82) is 0 Å². The van der Waals surface area contributed by atoms with Crippen molar-refractivity contribution < 1.29 is 0 Å².